The molecule has 0 aromatic heterocycles. The van der Waals surface area contributed by atoms with Crippen LogP contribution in [0.15, 0.2) is 0 Å². The first-order chi connectivity index (χ1) is 10.7. The summed E-state index contributed by atoms with van der Waals surface area (Å²) < 4.78 is 4.71. The minimum Gasteiger partial charge on any atom is -0.481 e. The Balaban J connectivity index is 0.000000939. The summed E-state index contributed by atoms with van der Waals surface area (Å²) >= 11 is 0. The summed E-state index contributed by atoms with van der Waals surface area (Å²) in [4.78, 5) is 10.3. The van der Waals surface area contributed by atoms with Gasteiger partial charge in [-0.15, -0.1) is 0 Å². The van der Waals surface area contributed by atoms with Gasteiger partial charge in [0, 0.05) is 6.42 Å². The number of unbranched alkanes of at least 4 members (excludes halogenated alkanes) is 12. The van der Waals surface area contributed by atoms with E-state index in [1.54, 1.807) is 0 Å². The van der Waals surface area contributed by atoms with Crippen LogP contribution in [0.25, 0.3) is 0 Å². The highest BCUT2D eigenvalue weighted by Gasteiger charge is 2.13. The normalized spacial score (nSPS) is 16.0. The van der Waals surface area contributed by atoms with Crippen LogP contribution in [0.1, 0.15) is 104 Å². The van der Waals surface area contributed by atoms with E-state index in [0.29, 0.717) is 12.5 Å². The molecule has 1 saturated heterocycles. The van der Waals surface area contributed by atoms with Crippen molar-refractivity contribution in [2.75, 3.05) is 6.61 Å². The third-order valence-electron chi connectivity index (χ3n) is 3.99. The lowest BCUT2D eigenvalue weighted by Gasteiger charge is -2.02. The molecule has 1 aliphatic rings. The Morgan fingerprint density at radius 2 is 1.18 bits per heavy atom. The Labute approximate surface area is 137 Å². The Hall–Kier alpha value is -0.570. The van der Waals surface area contributed by atoms with Crippen LogP contribution in [0.3, 0.4) is 0 Å². The summed E-state index contributed by atoms with van der Waals surface area (Å²) in [5.74, 6) is -0.655. The van der Waals surface area contributed by atoms with Gasteiger partial charge in [0.1, 0.15) is 0 Å². The Kier molecular flexibility index (Phi) is 16.4. The smallest absolute Gasteiger partial charge is 0.303 e. The van der Waals surface area contributed by atoms with Crippen molar-refractivity contribution >= 4 is 5.97 Å². The third kappa shape index (κ3) is 21.7. The van der Waals surface area contributed by atoms with E-state index in [-0.39, 0.29) is 0 Å². The van der Waals surface area contributed by atoms with Crippen molar-refractivity contribution in [3.8, 4) is 0 Å². The summed E-state index contributed by atoms with van der Waals surface area (Å²) in [6.45, 7) is 5.30. The van der Waals surface area contributed by atoms with Crippen molar-refractivity contribution < 1.29 is 14.6 Å². The van der Waals surface area contributed by atoms with Crippen molar-refractivity contribution in [2.24, 2.45) is 0 Å². The highest BCUT2D eigenvalue weighted by atomic mass is 16.6. The summed E-state index contributed by atoms with van der Waals surface area (Å²) in [5, 5.41) is 8.49. The first-order valence-electron chi connectivity index (χ1n) is 9.50. The molecule has 1 rings (SSSR count). The lowest BCUT2D eigenvalue weighted by atomic mass is 10.0. The maximum atomic E-state index is 10.3. The molecule has 0 amide bonds. The van der Waals surface area contributed by atoms with Crippen molar-refractivity contribution in [2.45, 2.75) is 110 Å². The second-order valence-corrected chi connectivity index (χ2v) is 6.53. The van der Waals surface area contributed by atoms with Crippen LogP contribution in [0, 0.1) is 0 Å². The van der Waals surface area contributed by atoms with Crippen LogP contribution in [0.5, 0.6) is 0 Å². The molecule has 1 aliphatic heterocycles. The zero-order valence-corrected chi connectivity index (χ0v) is 14.9. The number of carbonyl (C=O) groups is 1. The summed E-state index contributed by atoms with van der Waals surface area (Å²) in [6, 6.07) is 0. The average Bonchev–Trinajstić information content (AvgIpc) is 3.26. The molecule has 0 aromatic carbocycles. The molecule has 0 spiro atoms. The van der Waals surface area contributed by atoms with Gasteiger partial charge < -0.3 is 9.84 Å². The molecular formula is C19H38O3. The number of aliphatic carboxylic acids is 1. The van der Waals surface area contributed by atoms with Gasteiger partial charge in [0.15, 0.2) is 0 Å². The number of epoxide rings is 1. The van der Waals surface area contributed by atoms with Gasteiger partial charge in [0.2, 0.25) is 0 Å². The zero-order valence-electron chi connectivity index (χ0n) is 14.9. The second kappa shape index (κ2) is 16.8. The Bertz CT molecular complexity index is 237. The number of ether oxygens (including phenoxy) is 1. The van der Waals surface area contributed by atoms with Crippen LogP contribution in [-0.4, -0.2) is 23.8 Å². The van der Waals surface area contributed by atoms with E-state index in [1.165, 1.54) is 70.6 Å². The van der Waals surface area contributed by atoms with Gasteiger partial charge in [-0.25, -0.2) is 0 Å². The molecule has 0 saturated carbocycles. The first-order valence-corrected chi connectivity index (χ1v) is 9.50. The molecular weight excluding hydrogens is 276 g/mol. The summed E-state index contributed by atoms with van der Waals surface area (Å²) in [5.41, 5.74) is 0. The fourth-order valence-electron chi connectivity index (χ4n) is 2.39. The quantitative estimate of drug-likeness (QED) is 0.318. The highest BCUT2D eigenvalue weighted by molar-refractivity contribution is 5.66. The Morgan fingerprint density at radius 1 is 0.864 bits per heavy atom. The molecule has 0 aromatic rings. The molecule has 1 unspecified atom stereocenters. The van der Waals surface area contributed by atoms with Gasteiger partial charge in [-0.2, -0.15) is 0 Å². The van der Waals surface area contributed by atoms with Crippen molar-refractivity contribution in [1.82, 2.24) is 0 Å². The zero-order chi connectivity index (χ0) is 16.5. The molecule has 22 heavy (non-hydrogen) atoms. The monoisotopic (exact) mass is 314 g/mol. The van der Waals surface area contributed by atoms with Crippen LogP contribution >= 0.6 is 0 Å². The number of carboxylic acids is 1. The maximum absolute atomic E-state index is 10.3. The lowest BCUT2D eigenvalue weighted by Crippen LogP contribution is -1.93. The molecule has 0 aliphatic carbocycles. The van der Waals surface area contributed by atoms with Crippen molar-refractivity contribution in [3.05, 3.63) is 0 Å². The fraction of sp³-hybridized carbons (Fsp3) is 0.947. The van der Waals surface area contributed by atoms with E-state index >= 15 is 0 Å². The second-order valence-electron chi connectivity index (χ2n) is 6.53. The van der Waals surface area contributed by atoms with Crippen LogP contribution in [0.4, 0.5) is 0 Å². The number of hydrogen-bond acceptors (Lipinski definition) is 2. The number of carboxylic acid groups (broad SMARTS) is 1. The molecule has 132 valence electrons. The number of rotatable bonds is 14. The first kappa shape index (κ1) is 21.4. The molecule has 1 atom stereocenters. The van der Waals surface area contributed by atoms with Crippen LogP contribution < -0.4 is 0 Å². The minimum atomic E-state index is -0.655. The molecule has 0 bridgehead atoms. The van der Waals surface area contributed by atoms with Gasteiger partial charge in [-0.3, -0.25) is 4.79 Å². The topological polar surface area (TPSA) is 49.8 Å². The van der Waals surface area contributed by atoms with Crippen molar-refractivity contribution in [1.29, 1.82) is 0 Å². The average molecular weight is 315 g/mol. The lowest BCUT2D eigenvalue weighted by molar-refractivity contribution is -0.137. The summed E-state index contributed by atoms with van der Waals surface area (Å²) in [7, 11) is 0. The van der Waals surface area contributed by atoms with E-state index in [1.807, 2.05) is 0 Å². The van der Waals surface area contributed by atoms with Crippen LogP contribution in [0.2, 0.25) is 0 Å². The van der Waals surface area contributed by atoms with E-state index < -0.39 is 5.97 Å². The maximum Gasteiger partial charge on any atom is 0.303 e. The SMILES string of the molecule is CC1CO1.CCCCCCCCCCCCCCCC(=O)O. The van der Waals surface area contributed by atoms with Gasteiger partial charge >= 0.3 is 5.97 Å². The van der Waals surface area contributed by atoms with E-state index in [9.17, 15) is 4.79 Å². The number of hydrogen-bond donors (Lipinski definition) is 1. The third-order valence-corrected chi connectivity index (χ3v) is 3.99. The van der Waals surface area contributed by atoms with Gasteiger partial charge in [-0.05, 0) is 13.3 Å². The van der Waals surface area contributed by atoms with Crippen LogP contribution in [-0.2, 0) is 9.53 Å². The largest absolute Gasteiger partial charge is 0.481 e. The van der Waals surface area contributed by atoms with Crippen molar-refractivity contribution in [3.63, 3.8) is 0 Å². The highest BCUT2D eigenvalue weighted by Crippen LogP contribution is 2.12. The summed E-state index contributed by atoms with van der Waals surface area (Å²) in [6.07, 6.45) is 17.9. The fourth-order valence-corrected chi connectivity index (χ4v) is 2.39. The predicted octanol–water partition coefficient (Wildman–Crippen LogP) is 5.96. The predicted molar refractivity (Wildman–Crippen MR) is 93.4 cm³/mol. The van der Waals surface area contributed by atoms with Gasteiger partial charge in [0.25, 0.3) is 0 Å². The molecule has 1 heterocycles. The molecule has 3 nitrogen and oxygen atoms in total. The standard InChI is InChI=1S/C16H32O2.C3H6O/c1-2-3-4-5-6-7-8-9-10-11-12-13-14-15-16(17)18;1-3-2-4-3/h2-15H2,1H3,(H,17,18);3H,2H2,1H3. The van der Waals surface area contributed by atoms with E-state index in [2.05, 4.69) is 13.8 Å². The minimum absolute atomic E-state index is 0.345. The van der Waals surface area contributed by atoms with Gasteiger partial charge in [-0.1, -0.05) is 84.0 Å². The molecule has 1 fully saturated rings. The van der Waals surface area contributed by atoms with E-state index in [4.69, 9.17) is 9.84 Å². The molecule has 0 radical (unpaired) electrons. The van der Waals surface area contributed by atoms with E-state index in [0.717, 1.165) is 19.4 Å². The molecule has 3 heteroatoms. The van der Waals surface area contributed by atoms with Gasteiger partial charge in [0.05, 0.1) is 12.7 Å². The molecule has 1 N–H and O–H groups in total. The Morgan fingerprint density at radius 3 is 1.45 bits per heavy atom.